The molecule has 2 nitrogen and oxygen atoms in total. The number of benzene rings is 5. The van der Waals surface area contributed by atoms with Crippen LogP contribution in [-0.2, 0) is 22.2 Å². The van der Waals surface area contributed by atoms with Crippen molar-refractivity contribution >= 4 is 49.1 Å². The fourth-order valence-corrected chi connectivity index (χ4v) is 9.84. The Bertz CT molecular complexity index is 2140. The lowest BCUT2D eigenvalue weighted by Crippen LogP contribution is -2.23. The standard InChI is InChI=1S/C46H45N2S/c1-45(2)40(47(5)38-27-23-31-15-10-12-21-36(31)42(38)45)29-25-33-17-14-18-34(44(33)49-35-19-8-7-9-20-35)26-30-41-46(3,4)43-37-22-13-11-16-32(37)24-28-39(43)48(41)6/h7-13,15-16,19-30H,14,17-18H2,1-6H3/q+1/b33-25-,34-26+,40-29+,41-30?. The first kappa shape index (κ1) is 31.5. The summed E-state index contributed by atoms with van der Waals surface area (Å²) >= 11 is 1.92. The van der Waals surface area contributed by atoms with Gasteiger partial charge >= 0.3 is 0 Å². The lowest BCUT2D eigenvalue weighted by atomic mass is 9.80. The van der Waals surface area contributed by atoms with Gasteiger partial charge in [0.2, 0.25) is 21.1 Å². The molecule has 8 rings (SSSR count). The fraction of sp³-hybridized carbons (Fsp3) is 0.239. The molecule has 0 spiro atoms. The van der Waals surface area contributed by atoms with Gasteiger partial charge in [-0.3, -0.25) is 0 Å². The molecule has 5 aromatic carbocycles. The highest BCUT2D eigenvalue weighted by Gasteiger charge is 2.41. The molecule has 0 unspecified atom stereocenters. The molecule has 0 amide bonds. The molecule has 2 heterocycles. The predicted octanol–water partition coefficient (Wildman–Crippen LogP) is 11.3. The van der Waals surface area contributed by atoms with Gasteiger partial charge in [-0.05, 0) is 76.2 Å². The highest BCUT2D eigenvalue weighted by atomic mass is 32.1. The monoisotopic (exact) mass is 657 g/mol. The molecule has 0 radical (unpaired) electrons. The maximum Gasteiger partial charge on any atom is 0.237 e. The van der Waals surface area contributed by atoms with Gasteiger partial charge in [0.15, 0.2) is 0 Å². The first-order chi connectivity index (χ1) is 23.7. The molecule has 244 valence electrons. The van der Waals surface area contributed by atoms with Crippen molar-refractivity contribution in [3.05, 3.63) is 161 Å². The average molecular weight is 658 g/mol. The molecule has 1 saturated carbocycles. The SMILES string of the molecule is CN1C(=C/C=C2\CCC/C(=C/C=C3/N(C)c4ccc5ccccc5c4C3(C)C)C2=[S+]c2ccccc2)C(C)(C)c2c1ccc1ccccc21. The van der Waals surface area contributed by atoms with E-state index in [2.05, 4.69) is 179 Å². The van der Waals surface area contributed by atoms with E-state index in [1.165, 1.54) is 76.3 Å². The molecule has 0 atom stereocenters. The minimum absolute atomic E-state index is 0.107. The number of nitrogens with zero attached hydrogens (tertiary/aromatic N) is 2. The zero-order chi connectivity index (χ0) is 33.9. The van der Waals surface area contributed by atoms with Crippen molar-refractivity contribution in [3.63, 3.8) is 0 Å². The molecule has 5 aromatic rings. The molecular weight excluding hydrogens is 613 g/mol. The quantitative estimate of drug-likeness (QED) is 0.108. The van der Waals surface area contributed by atoms with Crippen molar-refractivity contribution in [3.8, 4) is 0 Å². The van der Waals surface area contributed by atoms with Crippen molar-refractivity contribution in [1.29, 1.82) is 0 Å². The van der Waals surface area contributed by atoms with Crippen molar-refractivity contribution in [1.82, 2.24) is 0 Å². The minimum atomic E-state index is -0.107. The van der Waals surface area contributed by atoms with Crippen LogP contribution in [0.15, 0.2) is 155 Å². The Morgan fingerprint density at radius 2 is 0.980 bits per heavy atom. The molecule has 0 N–H and O–H groups in total. The van der Waals surface area contributed by atoms with Crippen LogP contribution in [0.5, 0.6) is 0 Å². The number of hydrogen-bond donors (Lipinski definition) is 0. The zero-order valence-electron chi connectivity index (χ0n) is 29.5. The van der Waals surface area contributed by atoms with Gasteiger partial charge in [0.25, 0.3) is 0 Å². The van der Waals surface area contributed by atoms with Gasteiger partial charge in [0, 0.05) is 71.0 Å². The van der Waals surface area contributed by atoms with Gasteiger partial charge in [-0.1, -0.05) is 119 Å². The number of likely N-dealkylation sites (N-methyl/N-ethyl adjacent to an activating group) is 2. The summed E-state index contributed by atoms with van der Waals surface area (Å²) in [6, 6.07) is 37.7. The van der Waals surface area contributed by atoms with Gasteiger partial charge in [0.05, 0.1) is 0 Å². The Hall–Kier alpha value is -4.73. The molecule has 0 bridgehead atoms. The highest BCUT2D eigenvalue weighted by Crippen LogP contribution is 2.51. The van der Waals surface area contributed by atoms with E-state index in [0.29, 0.717) is 0 Å². The second-order valence-corrected chi connectivity index (χ2v) is 15.9. The summed E-state index contributed by atoms with van der Waals surface area (Å²) < 4.78 is 0. The molecular formula is C46H45N2S+. The van der Waals surface area contributed by atoms with E-state index in [-0.39, 0.29) is 10.8 Å². The van der Waals surface area contributed by atoms with Gasteiger partial charge in [0.1, 0.15) is 0 Å². The average Bonchev–Trinajstić information content (AvgIpc) is 3.44. The topological polar surface area (TPSA) is 6.48 Å². The molecule has 0 saturated heterocycles. The summed E-state index contributed by atoms with van der Waals surface area (Å²) in [7, 11) is 4.46. The Morgan fingerprint density at radius 1 is 0.531 bits per heavy atom. The van der Waals surface area contributed by atoms with Gasteiger partial charge in [-0.2, -0.15) is 0 Å². The second kappa shape index (κ2) is 12.0. The third-order valence-electron chi connectivity index (χ3n) is 11.1. The first-order valence-electron chi connectivity index (χ1n) is 17.6. The van der Waals surface area contributed by atoms with Gasteiger partial charge in [-0.15, -0.1) is 0 Å². The van der Waals surface area contributed by atoms with Crippen LogP contribution < -0.4 is 9.80 Å². The largest absolute Gasteiger partial charge is 0.347 e. The first-order valence-corrected chi connectivity index (χ1v) is 18.4. The van der Waals surface area contributed by atoms with E-state index in [1.54, 1.807) is 0 Å². The predicted molar refractivity (Wildman–Crippen MR) is 214 cm³/mol. The highest BCUT2D eigenvalue weighted by molar-refractivity contribution is 7.79. The minimum Gasteiger partial charge on any atom is -0.347 e. The summed E-state index contributed by atoms with van der Waals surface area (Å²) in [6.45, 7) is 9.54. The van der Waals surface area contributed by atoms with Gasteiger partial charge in [-0.25, -0.2) is 0 Å². The fourth-order valence-electron chi connectivity index (χ4n) is 8.70. The smallest absolute Gasteiger partial charge is 0.237 e. The van der Waals surface area contributed by atoms with Crippen molar-refractivity contribution in [2.24, 2.45) is 0 Å². The van der Waals surface area contributed by atoms with Crippen molar-refractivity contribution in [2.45, 2.75) is 62.7 Å². The van der Waals surface area contributed by atoms with E-state index < -0.39 is 0 Å². The molecule has 1 fully saturated rings. The van der Waals surface area contributed by atoms with E-state index >= 15 is 0 Å². The maximum absolute atomic E-state index is 2.43. The van der Waals surface area contributed by atoms with Crippen LogP contribution in [0.4, 0.5) is 11.4 Å². The lowest BCUT2D eigenvalue weighted by molar-refractivity contribution is 0.645. The van der Waals surface area contributed by atoms with Crippen LogP contribution in [-0.4, -0.2) is 19.0 Å². The van der Waals surface area contributed by atoms with Crippen LogP contribution in [0.1, 0.15) is 58.1 Å². The number of rotatable bonds is 3. The summed E-state index contributed by atoms with van der Waals surface area (Å²) in [5.41, 5.74) is 10.8. The van der Waals surface area contributed by atoms with Crippen LogP contribution >= 0.6 is 0 Å². The Balaban J connectivity index is 1.21. The summed E-state index contributed by atoms with van der Waals surface area (Å²) in [5, 5.41) is 5.32. The molecule has 0 aromatic heterocycles. The number of hydrogen-bond acceptors (Lipinski definition) is 2. The molecule has 3 aliphatic rings. The van der Waals surface area contributed by atoms with E-state index in [4.69, 9.17) is 0 Å². The van der Waals surface area contributed by atoms with Crippen LogP contribution in [0, 0.1) is 0 Å². The van der Waals surface area contributed by atoms with Crippen LogP contribution in [0.25, 0.3) is 21.5 Å². The summed E-state index contributed by atoms with van der Waals surface area (Å²) in [6.07, 6.45) is 13.0. The Labute approximate surface area is 295 Å². The molecule has 2 aliphatic heterocycles. The molecule has 1 aliphatic carbocycles. The lowest BCUT2D eigenvalue weighted by Gasteiger charge is -2.25. The second-order valence-electron chi connectivity index (χ2n) is 14.8. The number of fused-ring (bicyclic) bond motifs is 6. The maximum atomic E-state index is 2.43. The summed E-state index contributed by atoms with van der Waals surface area (Å²) in [5.74, 6) is 0. The Morgan fingerprint density at radius 3 is 1.47 bits per heavy atom. The molecule has 3 heteroatoms. The normalized spacial score (nSPS) is 22.3. The van der Waals surface area contributed by atoms with Crippen LogP contribution in [0.3, 0.4) is 0 Å². The van der Waals surface area contributed by atoms with Crippen molar-refractivity contribution in [2.75, 3.05) is 23.9 Å². The third-order valence-corrected chi connectivity index (χ3v) is 12.3. The van der Waals surface area contributed by atoms with Gasteiger partial charge < -0.3 is 9.80 Å². The third kappa shape index (κ3) is 5.18. The molecule has 49 heavy (non-hydrogen) atoms. The zero-order valence-corrected chi connectivity index (χ0v) is 30.4. The van der Waals surface area contributed by atoms with Crippen molar-refractivity contribution < 1.29 is 0 Å². The van der Waals surface area contributed by atoms with E-state index in [9.17, 15) is 0 Å². The number of allylic oxidation sites excluding steroid dienone is 8. The summed E-state index contributed by atoms with van der Waals surface area (Å²) in [4.78, 5) is 7.50. The number of anilines is 2. The van der Waals surface area contributed by atoms with Crippen LogP contribution in [0.2, 0.25) is 0 Å². The Kier molecular flexibility index (Phi) is 7.72. The van der Waals surface area contributed by atoms with E-state index in [1.807, 2.05) is 11.4 Å². The van der Waals surface area contributed by atoms with E-state index in [0.717, 1.165) is 19.3 Å².